The van der Waals surface area contributed by atoms with Crippen molar-refractivity contribution in [2.45, 2.75) is 38.3 Å². The van der Waals surface area contributed by atoms with E-state index in [1.807, 2.05) is 11.8 Å². The minimum absolute atomic E-state index is 0.522. The predicted octanol–water partition coefficient (Wildman–Crippen LogP) is 2.67. The second-order valence-corrected chi connectivity index (χ2v) is 6.67. The number of anilines is 1. The van der Waals surface area contributed by atoms with Gasteiger partial charge in [-0.05, 0) is 26.0 Å². The molecule has 1 unspecified atom stereocenters. The highest BCUT2D eigenvalue weighted by molar-refractivity contribution is 7.98. The van der Waals surface area contributed by atoms with E-state index in [1.54, 1.807) is 11.3 Å². The molecule has 0 radical (unpaired) electrons. The molecule has 17 heavy (non-hydrogen) atoms. The summed E-state index contributed by atoms with van der Waals surface area (Å²) in [6, 6.07) is 0.522. The standard InChI is InChI=1S/C12H21N3S2/c1-8(7-16-3)15(2)12-14-11(9-4-5-9)10(6-13)17-12/h8-9H,4-7,13H2,1-3H3. The second kappa shape index (κ2) is 5.59. The van der Waals surface area contributed by atoms with Gasteiger partial charge in [0.2, 0.25) is 0 Å². The Labute approximate surface area is 112 Å². The highest BCUT2D eigenvalue weighted by Crippen LogP contribution is 2.44. The Hall–Kier alpha value is -0.260. The van der Waals surface area contributed by atoms with Crippen LogP contribution in [0.5, 0.6) is 0 Å². The zero-order chi connectivity index (χ0) is 12.4. The zero-order valence-corrected chi connectivity index (χ0v) is 12.4. The summed E-state index contributed by atoms with van der Waals surface area (Å²) in [5.41, 5.74) is 7.09. The summed E-state index contributed by atoms with van der Waals surface area (Å²) in [4.78, 5) is 8.37. The molecule has 1 fully saturated rings. The van der Waals surface area contributed by atoms with Crippen molar-refractivity contribution >= 4 is 28.2 Å². The van der Waals surface area contributed by atoms with Crippen LogP contribution >= 0.6 is 23.1 Å². The largest absolute Gasteiger partial charge is 0.348 e. The van der Waals surface area contributed by atoms with Crippen LogP contribution in [0.3, 0.4) is 0 Å². The van der Waals surface area contributed by atoms with Gasteiger partial charge in [0.25, 0.3) is 0 Å². The summed E-state index contributed by atoms with van der Waals surface area (Å²) in [6.45, 7) is 2.88. The summed E-state index contributed by atoms with van der Waals surface area (Å²) in [7, 11) is 2.14. The third-order valence-corrected chi connectivity index (χ3v) is 5.24. The average molecular weight is 271 g/mol. The van der Waals surface area contributed by atoms with E-state index in [1.165, 1.54) is 23.4 Å². The van der Waals surface area contributed by atoms with E-state index in [2.05, 4.69) is 25.1 Å². The van der Waals surface area contributed by atoms with Gasteiger partial charge in [0.15, 0.2) is 5.13 Å². The van der Waals surface area contributed by atoms with E-state index >= 15 is 0 Å². The molecular formula is C12H21N3S2. The van der Waals surface area contributed by atoms with Gasteiger partial charge in [0.05, 0.1) is 5.69 Å². The quantitative estimate of drug-likeness (QED) is 0.864. The number of hydrogen-bond donors (Lipinski definition) is 1. The lowest BCUT2D eigenvalue weighted by Gasteiger charge is -2.23. The van der Waals surface area contributed by atoms with Crippen molar-refractivity contribution in [1.82, 2.24) is 4.98 Å². The number of thiazole rings is 1. The molecule has 0 aliphatic heterocycles. The number of rotatable bonds is 6. The molecular weight excluding hydrogens is 250 g/mol. The number of hydrogen-bond acceptors (Lipinski definition) is 5. The zero-order valence-electron chi connectivity index (χ0n) is 10.8. The maximum absolute atomic E-state index is 5.81. The molecule has 0 saturated heterocycles. The molecule has 1 atom stereocenters. The second-order valence-electron chi connectivity index (χ2n) is 4.70. The first-order valence-electron chi connectivity index (χ1n) is 6.08. The Bertz CT molecular complexity index is 374. The smallest absolute Gasteiger partial charge is 0.185 e. The topological polar surface area (TPSA) is 42.2 Å². The molecule has 3 nitrogen and oxygen atoms in total. The van der Waals surface area contributed by atoms with Crippen molar-refractivity contribution in [3.63, 3.8) is 0 Å². The van der Waals surface area contributed by atoms with Crippen LogP contribution < -0.4 is 10.6 Å². The number of nitrogens with zero attached hydrogens (tertiary/aromatic N) is 2. The predicted molar refractivity (Wildman–Crippen MR) is 78.2 cm³/mol. The number of thioether (sulfide) groups is 1. The van der Waals surface area contributed by atoms with Gasteiger partial charge in [-0.25, -0.2) is 4.98 Å². The van der Waals surface area contributed by atoms with Crippen LogP contribution in [0.1, 0.15) is 36.3 Å². The lowest BCUT2D eigenvalue weighted by Crippen LogP contribution is -2.30. The van der Waals surface area contributed by atoms with Gasteiger partial charge in [-0.1, -0.05) is 0 Å². The van der Waals surface area contributed by atoms with Crippen LogP contribution in [-0.2, 0) is 6.54 Å². The van der Waals surface area contributed by atoms with Gasteiger partial charge >= 0.3 is 0 Å². The first-order chi connectivity index (χ1) is 8.17. The minimum Gasteiger partial charge on any atom is -0.348 e. The molecule has 1 aliphatic rings. The van der Waals surface area contributed by atoms with Crippen LogP contribution in [0.25, 0.3) is 0 Å². The lowest BCUT2D eigenvalue weighted by atomic mass is 10.2. The maximum atomic E-state index is 5.81. The molecule has 0 aromatic carbocycles. The van der Waals surface area contributed by atoms with E-state index in [0.717, 1.165) is 10.9 Å². The summed E-state index contributed by atoms with van der Waals surface area (Å²) >= 11 is 3.65. The van der Waals surface area contributed by atoms with Gasteiger partial charge in [-0.2, -0.15) is 11.8 Å². The number of nitrogens with two attached hydrogens (primary N) is 1. The number of aromatic nitrogens is 1. The Kier molecular flexibility index (Phi) is 4.33. The lowest BCUT2D eigenvalue weighted by molar-refractivity contribution is 0.759. The van der Waals surface area contributed by atoms with E-state index in [-0.39, 0.29) is 0 Å². The molecule has 1 heterocycles. The van der Waals surface area contributed by atoms with Crippen LogP contribution in [0.15, 0.2) is 0 Å². The molecule has 0 bridgehead atoms. The summed E-state index contributed by atoms with van der Waals surface area (Å²) in [5, 5.41) is 1.13. The third-order valence-electron chi connectivity index (χ3n) is 3.24. The van der Waals surface area contributed by atoms with Crippen molar-refractivity contribution in [3.8, 4) is 0 Å². The molecule has 5 heteroatoms. The van der Waals surface area contributed by atoms with Gasteiger partial charge < -0.3 is 10.6 Å². The minimum atomic E-state index is 0.522. The molecule has 1 aromatic heterocycles. The Morgan fingerprint density at radius 1 is 1.59 bits per heavy atom. The van der Waals surface area contributed by atoms with Gasteiger partial charge in [-0.3, -0.25) is 0 Å². The summed E-state index contributed by atoms with van der Waals surface area (Å²) in [6.07, 6.45) is 4.73. The first-order valence-corrected chi connectivity index (χ1v) is 8.29. The van der Waals surface area contributed by atoms with Crippen molar-refractivity contribution in [2.24, 2.45) is 5.73 Å². The fourth-order valence-corrected chi connectivity index (χ4v) is 3.66. The molecule has 2 rings (SSSR count). The first kappa shape index (κ1) is 13.2. The highest BCUT2D eigenvalue weighted by Gasteiger charge is 2.30. The molecule has 0 amide bonds. The van der Waals surface area contributed by atoms with E-state index < -0.39 is 0 Å². The molecule has 1 aromatic rings. The van der Waals surface area contributed by atoms with Gasteiger partial charge in [0, 0.05) is 36.2 Å². The fourth-order valence-electron chi connectivity index (χ4n) is 1.87. The third kappa shape index (κ3) is 2.95. The van der Waals surface area contributed by atoms with Crippen molar-refractivity contribution in [3.05, 3.63) is 10.6 Å². The maximum Gasteiger partial charge on any atom is 0.185 e. The Balaban J connectivity index is 2.14. The highest BCUT2D eigenvalue weighted by atomic mass is 32.2. The van der Waals surface area contributed by atoms with Crippen molar-refractivity contribution < 1.29 is 0 Å². The Morgan fingerprint density at radius 3 is 2.82 bits per heavy atom. The normalized spacial score (nSPS) is 17.2. The van der Waals surface area contributed by atoms with E-state index in [9.17, 15) is 0 Å². The van der Waals surface area contributed by atoms with E-state index in [0.29, 0.717) is 18.5 Å². The van der Waals surface area contributed by atoms with Gasteiger partial charge in [0.1, 0.15) is 0 Å². The summed E-state index contributed by atoms with van der Waals surface area (Å²) in [5.74, 6) is 1.83. The molecule has 0 spiro atoms. The monoisotopic (exact) mass is 271 g/mol. The molecule has 96 valence electrons. The SMILES string of the molecule is CSCC(C)N(C)c1nc(C2CC2)c(CN)s1. The van der Waals surface area contributed by atoms with Crippen LogP contribution in [0.2, 0.25) is 0 Å². The summed E-state index contributed by atoms with van der Waals surface area (Å²) < 4.78 is 0. The average Bonchev–Trinajstić information content (AvgIpc) is 3.08. The van der Waals surface area contributed by atoms with Crippen molar-refractivity contribution in [1.29, 1.82) is 0 Å². The van der Waals surface area contributed by atoms with Crippen molar-refractivity contribution in [2.75, 3.05) is 24.0 Å². The Morgan fingerprint density at radius 2 is 2.29 bits per heavy atom. The fraction of sp³-hybridized carbons (Fsp3) is 0.750. The molecule has 1 aliphatic carbocycles. The van der Waals surface area contributed by atoms with Crippen LogP contribution in [-0.4, -0.2) is 30.1 Å². The molecule has 2 N–H and O–H groups in total. The van der Waals surface area contributed by atoms with Crippen LogP contribution in [0.4, 0.5) is 5.13 Å². The van der Waals surface area contributed by atoms with Gasteiger partial charge in [-0.15, -0.1) is 11.3 Å². The molecule has 1 saturated carbocycles. The van der Waals surface area contributed by atoms with E-state index in [4.69, 9.17) is 10.7 Å². The van der Waals surface area contributed by atoms with Crippen LogP contribution in [0, 0.1) is 0 Å².